The fourth-order valence-electron chi connectivity index (χ4n) is 2.68. The van der Waals surface area contributed by atoms with Crippen LogP contribution < -0.4 is 15.5 Å². The molecule has 0 aliphatic carbocycles. The second kappa shape index (κ2) is 5.51. The van der Waals surface area contributed by atoms with Crippen molar-refractivity contribution in [2.24, 2.45) is 0 Å². The summed E-state index contributed by atoms with van der Waals surface area (Å²) in [5.74, 6) is 1.56. The molecule has 2 saturated heterocycles. The number of aromatic nitrogens is 2. The zero-order valence-electron chi connectivity index (χ0n) is 11.4. The Morgan fingerprint density at radius 1 is 1.00 bits per heavy atom. The number of nitriles is 1. The monoisotopic (exact) mass is 274 g/mol. The molecule has 106 valence electrons. The van der Waals surface area contributed by atoms with Crippen molar-refractivity contribution in [3.05, 3.63) is 5.82 Å². The molecular weight excluding hydrogens is 256 g/mol. The van der Waals surface area contributed by atoms with E-state index in [0.29, 0.717) is 30.5 Å². The summed E-state index contributed by atoms with van der Waals surface area (Å²) in [7, 11) is 0. The predicted octanol–water partition coefficient (Wildman–Crippen LogP) is 0.367. The standard InChI is InChI=1S/C13H18N6O/c14-9-10-16-12(18-3-1-2-4-18)11(15)13(17-10)19-5-7-20-8-6-19/h1-8,15H2. The molecule has 0 amide bonds. The van der Waals surface area contributed by atoms with E-state index in [1.807, 2.05) is 6.07 Å². The third-order valence-corrected chi connectivity index (χ3v) is 3.72. The molecule has 0 saturated carbocycles. The molecule has 0 unspecified atom stereocenters. The van der Waals surface area contributed by atoms with Crippen molar-refractivity contribution in [3.8, 4) is 6.07 Å². The van der Waals surface area contributed by atoms with Crippen LogP contribution in [0.25, 0.3) is 0 Å². The fraction of sp³-hybridized carbons (Fsp3) is 0.615. The third-order valence-electron chi connectivity index (χ3n) is 3.72. The number of nitrogens with two attached hydrogens (primary N) is 1. The highest BCUT2D eigenvalue weighted by molar-refractivity contribution is 5.76. The van der Waals surface area contributed by atoms with Crippen molar-refractivity contribution in [2.75, 3.05) is 54.9 Å². The Balaban J connectivity index is 1.99. The second-order valence-corrected chi connectivity index (χ2v) is 5.01. The van der Waals surface area contributed by atoms with Gasteiger partial charge in [-0.05, 0) is 12.8 Å². The number of morpholine rings is 1. The smallest absolute Gasteiger partial charge is 0.236 e. The Morgan fingerprint density at radius 2 is 1.55 bits per heavy atom. The molecule has 3 heterocycles. The first-order valence-corrected chi connectivity index (χ1v) is 6.95. The van der Waals surface area contributed by atoms with Gasteiger partial charge in [0.1, 0.15) is 11.8 Å². The Morgan fingerprint density at radius 3 is 2.10 bits per heavy atom. The van der Waals surface area contributed by atoms with Gasteiger partial charge in [0, 0.05) is 26.2 Å². The maximum atomic E-state index is 9.14. The molecule has 2 N–H and O–H groups in total. The highest BCUT2D eigenvalue weighted by atomic mass is 16.5. The van der Waals surface area contributed by atoms with Crippen molar-refractivity contribution in [3.63, 3.8) is 0 Å². The molecule has 20 heavy (non-hydrogen) atoms. The van der Waals surface area contributed by atoms with Crippen LogP contribution >= 0.6 is 0 Å². The lowest BCUT2D eigenvalue weighted by Crippen LogP contribution is -2.38. The van der Waals surface area contributed by atoms with Gasteiger partial charge in [-0.15, -0.1) is 0 Å². The number of nitrogens with zero attached hydrogens (tertiary/aromatic N) is 5. The molecule has 2 aliphatic heterocycles. The van der Waals surface area contributed by atoms with Gasteiger partial charge < -0.3 is 20.3 Å². The molecule has 1 aromatic rings. The molecule has 0 radical (unpaired) electrons. The Hall–Kier alpha value is -2.07. The summed E-state index contributed by atoms with van der Waals surface area (Å²) < 4.78 is 5.35. The predicted molar refractivity (Wildman–Crippen MR) is 75.6 cm³/mol. The minimum Gasteiger partial charge on any atom is -0.393 e. The summed E-state index contributed by atoms with van der Waals surface area (Å²) in [4.78, 5) is 12.8. The topological polar surface area (TPSA) is 91.3 Å². The van der Waals surface area contributed by atoms with Gasteiger partial charge in [0.15, 0.2) is 11.6 Å². The van der Waals surface area contributed by atoms with E-state index in [1.54, 1.807) is 0 Å². The number of hydrogen-bond donors (Lipinski definition) is 1. The molecule has 2 aliphatic rings. The fourth-order valence-corrected chi connectivity index (χ4v) is 2.68. The lowest BCUT2D eigenvalue weighted by molar-refractivity contribution is 0.122. The summed E-state index contributed by atoms with van der Waals surface area (Å²) in [6.07, 6.45) is 2.27. The number of rotatable bonds is 2. The maximum Gasteiger partial charge on any atom is 0.236 e. The number of nitrogen functional groups attached to an aromatic ring is 1. The number of anilines is 3. The maximum absolute atomic E-state index is 9.14. The molecule has 1 aromatic heterocycles. The summed E-state index contributed by atoms with van der Waals surface area (Å²) in [5.41, 5.74) is 6.84. The van der Waals surface area contributed by atoms with E-state index in [2.05, 4.69) is 19.8 Å². The van der Waals surface area contributed by atoms with Crippen molar-refractivity contribution in [1.82, 2.24) is 9.97 Å². The van der Waals surface area contributed by atoms with Crippen LogP contribution in [-0.2, 0) is 4.74 Å². The number of ether oxygens (including phenoxy) is 1. The summed E-state index contributed by atoms with van der Waals surface area (Å²) >= 11 is 0. The van der Waals surface area contributed by atoms with Gasteiger partial charge >= 0.3 is 0 Å². The first kappa shape index (κ1) is 12.9. The summed E-state index contributed by atoms with van der Waals surface area (Å²) in [6, 6.07) is 2.04. The van der Waals surface area contributed by atoms with Crippen LogP contribution in [0.4, 0.5) is 17.3 Å². The minimum atomic E-state index is 0.183. The van der Waals surface area contributed by atoms with Crippen molar-refractivity contribution in [2.45, 2.75) is 12.8 Å². The van der Waals surface area contributed by atoms with Crippen LogP contribution in [0, 0.1) is 11.3 Å². The molecule has 0 bridgehead atoms. The van der Waals surface area contributed by atoms with Crippen LogP contribution in [0.3, 0.4) is 0 Å². The molecule has 2 fully saturated rings. The quantitative estimate of drug-likeness (QED) is 0.832. The van der Waals surface area contributed by atoms with Crippen molar-refractivity contribution < 1.29 is 4.74 Å². The Kier molecular flexibility index (Phi) is 3.56. The van der Waals surface area contributed by atoms with E-state index < -0.39 is 0 Å². The minimum absolute atomic E-state index is 0.183. The molecule has 7 heteroatoms. The van der Waals surface area contributed by atoms with Crippen LogP contribution in [0.1, 0.15) is 18.7 Å². The SMILES string of the molecule is N#Cc1nc(N2CCCC2)c(N)c(N2CCOCC2)n1. The van der Waals surface area contributed by atoms with Crippen LogP contribution in [0.2, 0.25) is 0 Å². The summed E-state index contributed by atoms with van der Waals surface area (Å²) in [6.45, 7) is 4.68. The van der Waals surface area contributed by atoms with Gasteiger partial charge in [0.2, 0.25) is 5.82 Å². The molecular formula is C13H18N6O. The number of hydrogen-bond acceptors (Lipinski definition) is 7. The first-order valence-electron chi connectivity index (χ1n) is 6.95. The second-order valence-electron chi connectivity index (χ2n) is 5.01. The van der Waals surface area contributed by atoms with Crippen LogP contribution in [0.5, 0.6) is 0 Å². The van der Waals surface area contributed by atoms with Crippen LogP contribution in [0.15, 0.2) is 0 Å². The third kappa shape index (κ3) is 2.34. The zero-order valence-corrected chi connectivity index (χ0v) is 11.4. The molecule has 3 rings (SSSR count). The summed E-state index contributed by atoms with van der Waals surface area (Å²) in [5, 5.41) is 9.14. The van der Waals surface area contributed by atoms with E-state index in [1.165, 1.54) is 0 Å². The van der Waals surface area contributed by atoms with E-state index in [-0.39, 0.29) is 5.82 Å². The first-order chi connectivity index (χ1) is 9.79. The van der Waals surface area contributed by atoms with Gasteiger partial charge in [0.05, 0.1) is 13.2 Å². The molecule has 0 aromatic carbocycles. The van der Waals surface area contributed by atoms with Crippen molar-refractivity contribution >= 4 is 17.3 Å². The van der Waals surface area contributed by atoms with Gasteiger partial charge in [-0.25, -0.2) is 0 Å². The lowest BCUT2D eigenvalue weighted by Gasteiger charge is -2.30. The zero-order chi connectivity index (χ0) is 13.9. The molecule has 7 nitrogen and oxygen atoms in total. The van der Waals surface area contributed by atoms with Gasteiger partial charge in [0.25, 0.3) is 0 Å². The lowest BCUT2D eigenvalue weighted by atomic mass is 10.3. The Labute approximate surface area is 118 Å². The van der Waals surface area contributed by atoms with Gasteiger partial charge in [-0.1, -0.05) is 0 Å². The van der Waals surface area contributed by atoms with Gasteiger partial charge in [-0.3, -0.25) is 0 Å². The van der Waals surface area contributed by atoms with E-state index in [4.69, 9.17) is 15.7 Å². The molecule has 0 spiro atoms. The highest BCUT2D eigenvalue weighted by Crippen LogP contribution is 2.32. The van der Waals surface area contributed by atoms with Crippen LogP contribution in [-0.4, -0.2) is 49.4 Å². The normalized spacial score (nSPS) is 19.1. The van der Waals surface area contributed by atoms with E-state index in [9.17, 15) is 0 Å². The van der Waals surface area contributed by atoms with E-state index >= 15 is 0 Å². The van der Waals surface area contributed by atoms with Crippen molar-refractivity contribution in [1.29, 1.82) is 5.26 Å². The highest BCUT2D eigenvalue weighted by Gasteiger charge is 2.24. The molecule has 0 atom stereocenters. The average molecular weight is 274 g/mol. The van der Waals surface area contributed by atoms with Gasteiger partial charge in [-0.2, -0.15) is 15.2 Å². The Bertz CT molecular complexity index is 528. The van der Waals surface area contributed by atoms with E-state index in [0.717, 1.165) is 39.0 Å². The largest absolute Gasteiger partial charge is 0.393 e. The average Bonchev–Trinajstić information content (AvgIpc) is 3.02.